The lowest BCUT2D eigenvalue weighted by Gasteiger charge is -2.16. The molecule has 1 heterocycles. The molecule has 0 fully saturated rings. The summed E-state index contributed by atoms with van der Waals surface area (Å²) in [7, 11) is 0. The fraction of sp³-hybridized carbons (Fsp3) is 0.357. The maximum atomic E-state index is 3.94. The molecule has 2 aromatic rings. The average molecular weight is 229 g/mol. The molecule has 3 heteroatoms. The molecule has 3 nitrogen and oxygen atoms in total. The molecule has 0 radical (unpaired) electrons. The van der Waals surface area contributed by atoms with Crippen LogP contribution in [0.1, 0.15) is 24.6 Å². The van der Waals surface area contributed by atoms with E-state index in [0.717, 1.165) is 25.1 Å². The van der Waals surface area contributed by atoms with Gasteiger partial charge in [-0.05, 0) is 24.5 Å². The van der Waals surface area contributed by atoms with Gasteiger partial charge in [-0.25, -0.2) is 0 Å². The van der Waals surface area contributed by atoms with Crippen molar-refractivity contribution in [3.8, 4) is 0 Å². The molecule has 0 bridgehead atoms. The van der Waals surface area contributed by atoms with Crippen LogP contribution in [0.4, 0.5) is 0 Å². The topological polar surface area (TPSA) is 40.7 Å². The number of hydrogen-bond acceptors (Lipinski definition) is 2. The number of hydrogen-bond donors (Lipinski definition) is 2. The van der Waals surface area contributed by atoms with E-state index < -0.39 is 0 Å². The van der Waals surface area contributed by atoms with Gasteiger partial charge in [-0.15, -0.1) is 0 Å². The van der Waals surface area contributed by atoms with Crippen molar-refractivity contribution in [1.29, 1.82) is 0 Å². The van der Waals surface area contributed by atoms with Crippen LogP contribution >= 0.6 is 0 Å². The summed E-state index contributed by atoms with van der Waals surface area (Å²) >= 11 is 0. The highest BCUT2D eigenvalue weighted by Crippen LogP contribution is 2.06. The van der Waals surface area contributed by atoms with Crippen molar-refractivity contribution in [2.45, 2.75) is 32.4 Å². The van der Waals surface area contributed by atoms with Crippen LogP contribution in [-0.4, -0.2) is 16.2 Å². The third kappa shape index (κ3) is 3.71. The molecular weight excluding hydrogens is 210 g/mol. The zero-order valence-electron chi connectivity index (χ0n) is 10.2. The summed E-state index contributed by atoms with van der Waals surface area (Å²) < 4.78 is 0. The second kappa shape index (κ2) is 6.21. The molecule has 0 saturated carbocycles. The van der Waals surface area contributed by atoms with Gasteiger partial charge in [-0.1, -0.05) is 37.3 Å². The summed E-state index contributed by atoms with van der Waals surface area (Å²) in [4.78, 5) is 0. The highest BCUT2D eigenvalue weighted by atomic mass is 15.1. The maximum absolute atomic E-state index is 3.94. The summed E-state index contributed by atoms with van der Waals surface area (Å²) in [6, 6.07) is 13.1. The lowest BCUT2D eigenvalue weighted by Crippen LogP contribution is -2.30. The molecule has 2 N–H and O–H groups in total. The van der Waals surface area contributed by atoms with Crippen LogP contribution in [0, 0.1) is 0 Å². The van der Waals surface area contributed by atoms with Gasteiger partial charge in [0.25, 0.3) is 0 Å². The Morgan fingerprint density at radius 1 is 1.24 bits per heavy atom. The summed E-state index contributed by atoms with van der Waals surface area (Å²) in [5.74, 6) is 0. The Morgan fingerprint density at radius 2 is 2.06 bits per heavy atom. The van der Waals surface area contributed by atoms with Gasteiger partial charge in [0.05, 0.1) is 0 Å². The maximum Gasteiger partial charge on any atom is 0.0490 e. The summed E-state index contributed by atoms with van der Waals surface area (Å²) in [5, 5.41) is 10.5. The van der Waals surface area contributed by atoms with Crippen molar-refractivity contribution in [2.24, 2.45) is 0 Å². The molecule has 0 spiro atoms. The minimum Gasteiger partial charge on any atom is -0.308 e. The van der Waals surface area contributed by atoms with E-state index in [-0.39, 0.29) is 0 Å². The van der Waals surface area contributed by atoms with E-state index in [1.165, 1.54) is 5.56 Å². The molecule has 17 heavy (non-hydrogen) atoms. The van der Waals surface area contributed by atoms with Crippen LogP contribution in [-0.2, 0) is 13.0 Å². The van der Waals surface area contributed by atoms with Crippen LogP contribution in [0.15, 0.2) is 42.6 Å². The molecule has 1 aromatic carbocycles. The van der Waals surface area contributed by atoms with E-state index in [1.807, 2.05) is 6.07 Å². The Balaban J connectivity index is 1.85. The standard InChI is InChI=1S/C14H19N3/c1-2-13(10-12-6-4-3-5-7-12)15-11-14-8-9-16-17-14/h3-9,13,15H,2,10-11H2,1H3,(H,16,17). The quantitative estimate of drug-likeness (QED) is 0.799. The molecule has 1 unspecified atom stereocenters. The molecular formula is C14H19N3. The smallest absolute Gasteiger partial charge is 0.0490 e. The molecule has 2 rings (SSSR count). The first kappa shape index (κ1) is 11.9. The van der Waals surface area contributed by atoms with Crippen LogP contribution in [0.25, 0.3) is 0 Å². The van der Waals surface area contributed by atoms with E-state index in [1.54, 1.807) is 6.20 Å². The second-order valence-corrected chi connectivity index (χ2v) is 4.26. The normalized spacial score (nSPS) is 12.5. The highest BCUT2D eigenvalue weighted by molar-refractivity contribution is 5.15. The van der Waals surface area contributed by atoms with Crippen molar-refractivity contribution in [1.82, 2.24) is 15.5 Å². The van der Waals surface area contributed by atoms with Gasteiger partial charge in [-0.3, -0.25) is 5.10 Å². The zero-order chi connectivity index (χ0) is 11.9. The van der Waals surface area contributed by atoms with Crippen LogP contribution in [0.5, 0.6) is 0 Å². The van der Waals surface area contributed by atoms with Gasteiger partial charge in [0.2, 0.25) is 0 Å². The Kier molecular flexibility index (Phi) is 4.33. The van der Waals surface area contributed by atoms with Crippen LogP contribution in [0.2, 0.25) is 0 Å². The van der Waals surface area contributed by atoms with Crippen molar-refractivity contribution in [2.75, 3.05) is 0 Å². The predicted molar refractivity (Wildman–Crippen MR) is 69.7 cm³/mol. The number of aromatic nitrogens is 2. The van der Waals surface area contributed by atoms with E-state index in [2.05, 4.69) is 52.8 Å². The summed E-state index contributed by atoms with van der Waals surface area (Å²) in [6.45, 7) is 3.07. The van der Waals surface area contributed by atoms with E-state index in [0.29, 0.717) is 6.04 Å². The average Bonchev–Trinajstić information content (AvgIpc) is 2.89. The molecule has 0 aliphatic carbocycles. The van der Waals surface area contributed by atoms with Gasteiger partial charge in [0.15, 0.2) is 0 Å². The lowest BCUT2D eigenvalue weighted by molar-refractivity contribution is 0.490. The minimum atomic E-state index is 0.515. The van der Waals surface area contributed by atoms with Gasteiger partial charge < -0.3 is 5.32 Å². The van der Waals surface area contributed by atoms with Gasteiger partial charge in [0.1, 0.15) is 0 Å². The first-order valence-electron chi connectivity index (χ1n) is 6.14. The highest BCUT2D eigenvalue weighted by Gasteiger charge is 2.06. The van der Waals surface area contributed by atoms with Gasteiger partial charge >= 0.3 is 0 Å². The Labute approximate surface area is 102 Å². The molecule has 1 atom stereocenters. The fourth-order valence-electron chi connectivity index (χ4n) is 1.90. The molecule has 0 amide bonds. The van der Waals surface area contributed by atoms with Crippen molar-refractivity contribution < 1.29 is 0 Å². The van der Waals surface area contributed by atoms with Gasteiger partial charge in [0, 0.05) is 24.5 Å². The first-order valence-corrected chi connectivity index (χ1v) is 6.14. The molecule has 0 aliphatic rings. The number of benzene rings is 1. The number of nitrogens with one attached hydrogen (secondary N) is 2. The SMILES string of the molecule is CCC(Cc1ccccc1)NCc1ccn[nH]1. The Bertz CT molecular complexity index is 408. The van der Waals surface area contributed by atoms with Crippen molar-refractivity contribution in [3.05, 3.63) is 53.9 Å². The van der Waals surface area contributed by atoms with E-state index in [4.69, 9.17) is 0 Å². The van der Waals surface area contributed by atoms with Crippen molar-refractivity contribution in [3.63, 3.8) is 0 Å². The number of rotatable bonds is 6. The van der Waals surface area contributed by atoms with E-state index in [9.17, 15) is 0 Å². The third-order valence-corrected chi connectivity index (χ3v) is 2.96. The van der Waals surface area contributed by atoms with Crippen LogP contribution in [0.3, 0.4) is 0 Å². The molecule has 0 aliphatic heterocycles. The molecule has 0 saturated heterocycles. The molecule has 90 valence electrons. The predicted octanol–water partition coefficient (Wildman–Crippen LogP) is 2.52. The third-order valence-electron chi connectivity index (χ3n) is 2.96. The fourth-order valence-corrected chi connectivity index (χ4v) is 1.90. The Morgan fingerprint density at radius 3 is 2.71 bits per heavy atom. The Hall–Kier alpha value is -1.61. The molecule has 1 aromatic heterocycles. The van der Waals surface area contributed by atoms with Crippen LogP contribution < -0.4 is 5.32 Å². The number of nitrogens with zero attached hydrogens (tertiary/aromatic N) is 1. The minimum absolute atomic E-state index is 0.515. The summed E-state index contributed by atoms with van der Waals surface area (Å²) in [5.41, 5.74) is 2.52. The largest absolute Gasteiger partial charge is 0.308 e. The summed E-state index contributed by atoms with van der Waals surface area (Å²) in [6.07, 6.45) is 3.99. The van der Waals surface area contributed by atoms with Crippen molar-refractivity contribution >= 4 is 0 Å². The zero-order valence-corrected chi connectivity index (χ0v) is 10.2. The number of H-pyrrole nitrogens is 1. The monoisotopic (exact) mass is 229 g/mol. The number of aromatic amines is 1. The van der Waals surface area contributed by atoms with E-state index >= 15 is 0 Å². The lowest BCUT2D eigenvalue weighted by atomic mass is 10.0. The second-order valence-electron chi connectivity index (χ2n) is 4.26. The first-order chi connectivity index (χ1) is 8.38. The van der Waals surface area contributed by atoms with Gasteiger partial charge in [-0.2, -0.15) is 5.10 Å².